The summed E-state index contributed by atoms with van der Waals surface area (Å²) >= 11 is 0. The number of aliphatic hydroxyl groups is 1. The molecule has 7 nitrogen and oxygen atoms in total. The summed E-state index contributed by atoms with van der Waals surface area (Å²) in [5.74, 6) is 1.80. The molecule has 2 N–H and O–H groups in total. The number of fused-ring (bicyclic) bond motifs is 3. The minimum absolute atomic E-state index is 0.000447. The van der Waals surface area contributed by atoms with Gasteiger partial charge in [0.15, 0.2) is 5.82 Å². The second kappa shape index (κ2) is 7.09. The van der Waals surface area contributed by atoms with Crippen LogP contribution in [-0.4, -0.2) is 44.2 Å². The quantitative estimate of drug-likeness (QED) is 0.695. The Balaban J connectivity index is 1.44. The number of nitrogens with zero attached hydrogens (tertiary/aromatic N) is 4. The van der Waals surface area contributed by atoms with Crippen molar-refractivity contribution in [3.63, 3.8) is 0 Å². The Morgan fingerprint density at radius 2 is 1.97 bits per heavy atom. The monoisotopic (exact) mass is 406 g/mol. The van der Waals surface area contributed by atoms with E-state index in [1.807, 2.05) is 30.1 Å². The number of aliphatic hydroxyl groups excluding tert-OH is 1. The van der Waals surface area contributed by atoms with E-state index in [1.165, 1.54) is 17.1 Å². The minimum Gasteiger partial charge on any atom is -0.507 e. The SMILES string of the molecule is CN(c1ccc(-c2cc3ccn(C)c(=O)c3cc2O)nn1)[C@H]1C[C@@H]2CC[C@@H](C2)[C@H]1O. The van der Waals surface area contributed by atoms with Crippen molar-refractivity contribution in [2.75, 3.05) is 11.9 Å². The standard InChI is InChI=1S/C23H26N4O3/c1-26-8-7-14-11-17(20(28)12-16(14)23(26)30)18-5-6-21(25-24-18)27(2)19-10-13-3-4-15(9-13)22(19)29/h5-8,11-13,15,19,22,28-29H,3-4,9-10H2,1-2H3/t13-,15+,19+,22-/m1/s1. The summed E-state index contributed by atoms with van der Waals surface area (Å²) in [4.78, 5) is 14.3. The third-order valence-corrected chi connectivity index (χ3v) is 7.02. The lowest BCUT2D eigenvalue weighted by Crippen LogP contribution is -2.48. The molecule has 4 atom stereocenters. The maximum absolute atomic E-state index is 12.3. The van der Waals surface area contributed by atoms with Gasteiger partial charge in [-0.2, -0.15) is 0 Å². The van der Waals surface area contributed by atoms with Crippen molar-refractivity contribution in [1.82, 2.24) is 14.8 Å². The molecule has 2 heterocycles. The van der Waals surface area contributed by atoms with Crippen LogP contribution < -0.4 is 10.5 Å². The van der Waals surface area contributed by atoms with Gasteiger partial charge in [0.05, 0.1) is 23.2 Å². The molecule has 2 saturated carbocycles. The summed E-state index contributed by atoms with van der Waals surface area (Å²) in [5, 5.41) is 31.2. The number of phenolic OH excluding ortho intramolecular Hbond substituents is 1. The molecule has 1 aromatic carbocycles. The fraction of sp³-hybridized carbons (Fsp3) is 0.435. The molecule has 3 aromatic rings. The molecule has 2 fully saturated rings. The number of pyridine rings is 1. The van der Waals surface area contributed by atoms with E-state index in [2.05, 4.69) is 10.2 Å². The Labute approximate surface area is 174 Å². The van der Waals surface area contributed by atoms with Crippen LogP contribution in [0.3, 0.4) is 0 Å². The van der Waals surface area contributed by atoms with E-state index in [4.69, 9.17) is 0 Å². The maximum Gasteiger partial charge on any atom is 0.258 e. The first-order valence-electron chi connectivity index (χ1n) is 10.5. The summed E-state index contributed by atoms with van der Waals surface area (Å²) in [6.07, 6.45) is 5.82. The average molecular weight is 406 g/mol. The molecule has 156 valence electrons. The molecule has 2 aliphatic rings. The van der Waals surface area contributed by atoms with Gasteiger partial charge in [-0.05, 0) is 73.2 Å². The zero-order chi connectivity index (χ0) is 21.0. The van der Waals surface area contributed by atoms with E-state index < -0.39 is 0 Å². The number of phenols is 1. The molecule has 0 unspecified atom stereocenters. The van der Waals surface area contributed by atoms with Crippen LogP contribution in [0.15, 0.2) is 41.3 Å². The van der Waals surface area contributed by atoms with Crippen LogP contribution in [0.5, 0.6) is 5.75 Å². The zero-order valence-electron chi connectivity index (χ0n) is 17.2. The van der Waals surface area contributed by atoms with E-state index >= 15 is 0 Å². The van der Waals surface area contributed by atoms with Crippen LogP contribution in [0, 0.1) is 11.8 Å². The smallest absolute Gasteiger partial charge is 0.258 e. The van der Waals surface area contributed by atoms with E-state index in [-0.39, 0.29) is 23.5 Å². The van der Waals surface area contributed by atoms with Crippen molar-refractivity contribution in [3.05, 3.63) is 46.9 Å². The van der Waals surface area contributed by atoms with Gasteiger partial charge in [0, 0.05) is 25.9 Å². The van der Waals surface area contributed by atoms with Crippen molar-refractivity contribution >= 4 is 16.6 Å². The molecule has 30 heavy (non-hydrogen) atoms. The lowest BCUT2D eigenvalue weighted by molar-refractivity contribution is 0.0554. The van der Waals surface area contributed by atoms with E-state index in [0.29, 0.717) is 34.3 Å². The van der Waals surface area contributed by atoms with Crippen LogP contribution in [0.25, 0.3) is 22.0 Å². The van der Waals surface area contributed by atoms with Crippen LogP contribution in [0.4, 0.5) is 5.82 Å². The molecular weight excluding hydrogens is 380 g/mol. The first-order chi connectivity index (χ1) is 14.4. The number of hydrogen-bond acceptors (Lipinski definition) is 6. The molecule has 0 spiro atoms. The Kier molecular flexibility index (Phi) is 4.50. The highest BCUT2D eigenvalue weighted by molar-refractivity contribution is 5.89. The van der Waals surface area contributed by atoms with Crippen LogP contribution in [0.2, 0.25) is 0 Å². The van der Waals surface area contributed by atoms with Gasteiger partial charge >= 0.3 is 0 Å². The van der Waals surface area contributed by atoms with Crippen molar-refractivity contribution in [2.24, 2.45) is 18.9 Å². The van der Waals surface area contributed by atoms with Crippen LogP contribution >= 0.6 is 0 Å². The summed E-state index contributed by atoms with van der Waals surface area (Å²) in [5.41, 5.74) is 0.919. The number of anilines is 1. The second-order valence-corrected chi connectivity index (χ2v) is 8.81. The average Bonchev–Trinajstić information content (AvgIpc) is 3.17. The number of likely N-dealkylation sites (N-methyl/N-ethyl adjacent to an activating group) is 1. The lowest BCUT2D eigenvalue weighted by Gasteiger charge is -2.39. The van der Waals surface area contributed by atoms with Crippen molar-refractivity contribution in [3.8, 4) is 17.0 Å². The van der Waals surface area contributed by atoms with Gasteiger partial charge in [0.25, 0.3) is 5.56 Å². The van der Waals surface area contributed by atoms with Gasteiger partial charge in [0.2, 0.25) is 0 Å². The van der Waals surface area contributed by atoms with Crippen molar-refractivity contribution in [2.45, 2.75) is 37.8 Å². The highest BCUT2D eigenvalue weighted by atomic mass is 16.3. The van der Waals surface area contributed by atoms with E-state index in [9.17, 15) is 15.0 Å². The lowest BCUT2D eigenvalue weighted by atomic mass is 9.82. The third kappa shape index (κ3) is 3.04. The van der Waals surface area contributed by atoms with Crippen molar-refractivity contribution in [1.29, 1.82) is 0 Å². The molecule has 0 saturated heterocycles. The second-order valence-electron chi connectivity index (χ2n) is 8.81. The fourth-order valence-electron chi connectivity index (χ4n) is 5.23. The number of benzene rings is 1. The highest BCUT2D eigenvalue weighted by Crippen LogP contribution is 2.44. The van der Waals surface area contributed by atoms with Gasteiger partial charge in [-0.1, -0.05) is 0 Å². The first kappa shape index (κ1) is 19.1. The number of aryl methyl sites for hydroxylation is 1. The Hall–Kier alpha value is -2.93. The molecule has 5 rings (SSSR count). The Bertz CT molecular complexity index is 1160. The van der Waals surface area contributed by atoms with Gasteiger partial charge in [-0.25, -0.2) is 0 Å². The number of hydrogen-bond donors (Lipinski definition) is 2. The zero-order valence-corrected chi connectivity index (χ0v) is 17.2. The van der Waals surface area contributed by atoms with Gasteiger partial charge in [-0.15, -0.1) is 10.2 Å². The summed E-state index contributed by atoms with van der Waals surface area (Å²) in [6.45, 7) is 0. The number of aromatic nitrogens is 3. The molecule has 2 aromatic heterocycles. The van der Waals surface area contributed by atoms with E-state index in [1.54, 1.807) is 19.3 Å². The summed E-state index contributed by atoms with van der Waals surface area (Å²) in [6, 6.07) is 8.85. The topological polar surface area (TPSA) is 91.5 Å². The van der Waals surface area contributed by atoms with Gasteiger partial charge < -0.3 is 19.7 Å². The normalized spacial score (nSPS) is 25.6. The van der Waals surface area contributed by atoms with Crippen molar-refractivity contribution < 1.29 is 10.2 Å². The predicted molar refractivity (Wildman–Crippen MR) is 116 cm³/mol. The number of aromatic hydroxyl groups is 1. The fourth-order valence-corrected chi connectivity index (χ4v) is 5.23. The molecule has 2 aliphatic carbocycles. The molecule has 0 amide bonds. The third-order valence-electron chi connectivity index (χ3n) is 7.02. The number of rotatable bonds is 3. The minimum atomic E-state index is -0.331. The van der Waals surface area contributed by atoms with Gasteiger partial charge in [0.1, 0.15) is 5.75 Å². The Morgan fingerprint density at radius 1 is 1.13 bits per heavy atom. The van der Waals surface area contributed by atoms with Crippen LogP contribution in [0.1, 0.15) is 25.7 Å². The molecule has 0 radical (unpaired) electrons. The maximum atomic E-state index is 12.3. The summed E-state index contributed by atoms with van der Waals surface area (Å²) < 4.78 is 1.48. The van der Waals surface area contributed by atoms with E-state index in [0.717, 1.165) is 24.6 Å². The predicted octanol–water partition coefficient (Wildman–Crippen LogP) is 2.69. The summed E-state index contributed by atoms with van der Waals surface area (Å²) in [7, 11) is 3.65. The molecule has 0 aliphatic heterocycles. The van der Waals surface area contributed by atoms with Gasteiger partial charge in [-0.3, -0.25) is 4.79 Å². The first-order valence-corrected chi connectivity index (χ1v) is 10.5. The van der Waals surface area contributed by atoms with Crippen LogP contribution in [-0.2, 0) is 7.05 Å². The molecule has 2 bridgehead atoms. The molecular formula is C23H26N4O3. The highest BCUT2D eigenvalue weighted by Gasteiger charge is 2.42. The Morgan fingerprint density at radius 3 is 2.73 bits per heavy atom. The largest absolute Gasteiger partial charge is 0.507 e. The molecule has 7 heteroatoms.